The van der Waals surface area contributed by atoms with Crippen molar-refractivity contribution in [3.63, 3.8) is 0 Å². The van der Waals surface area contributed by atoms with Gasteiger partial charge in [0.25, 0.3) is 0 Å². The fourth-order valence-corrected chi connectivity index (χ4v) is 8.77. The first-order valence-electron chi connectivity index (χ1n) is 18.0. The first kappa shape index (κ1) is 30.7. The number of thiophene rings is 1. The minimum absolute atomic E-state index is 0.626. The molecule has 0 aliphatic rings. The summed E-state index contributed by atoms with van der Waals surface area (Å²) < 4.78 is 9.09. The van der Waals surface area contributed by atoms with E-state index in [1.165, 1.54) is 25.7 Å². The van der Waals surface area contributed by atoms with E-state index in [1.54, 1.807) is 0 Å². The van der Waals surface area contributed by atoms with Crippen molar-refractivity contribution < 1.29 is 4.42 Å². The molecule has 0 atom stereocenters. The molecule has 0 bridgehead atoms. The molecule has 0 aliphatic heterocycles. The molecule has 0 aliphatic carbocycles. The standard InChI is InChI=1S/C49H29N3OS/c1-3-12-30(13-4-1)32-22-24-36-39(29-42-37-18-7-9-20-43(37)53-46(42)41(36)27-32)33-16-11-17-34(26-33)48-50-47(31-14-5-2-6-15-31)51-49(52-48)35-23-25-45-40(28-35)38-19-8-10-21-44(38)54-45/h1-29H. The van der Waals surface area contributed by atoms with E-state index in [9.17, 15) is 0 Å². The summed E-state index contributed by atoms with van der Waals surface area (Å²) in [5.41, 5.74) is 9.11. The molecule has 0 amide bonds. The maximum atomic E-state index is 6.57. The molecule has 3 aromatic heterocycles. The number of rotatable bonds is 5. The smallest absolute Gasteiger partial charge is 0.164 e. The predicted octanol–water partition coefficient (Wildman–Crippen LogP) is 13.6. The minimum atomic E-state index is 0.626. The summed E-state index contributed by atoms with van der Waals surface area (Å²) in [6.07, 6.45) is 0. The lowest BCUT2D eigenvalue weighted by Gasteiger charge is -2.12. The van der Waals surface area contributed by atoms with E-state index in [0.717, 1.165) is 66.1 Å². The Morgan fingerprint density at radius 1 is 0.333 bits per heavy atom. The summed E-state index contributed by atoms with van der Waals surface area (Å²) in [5.74, 6) is 1.91. The van der Waals surface area contributed by atoms with Gasteiger partial charge in [-0.1, -0.05) is 127 Å². The highest BCUT2D eigenvalue weighted by Gasteiger charge is 2.18. The predicted molar refractivity (Wildman–Crippen MR) is 225 cm³/mol. The Kier molecular flexibility index (Phi) is 7.00. The second-order valence-corrected chi connectivity index (χ2v) is 14.7. The summed E-state index contributed by atoms with van der Waals surface area (Å²) in [7, 11) is 0. The van der Waals surface area contributed by atoms with E-state index >= 15 is 0 Å². The number of hydrogen-bond donors (Lipinski definition) is 0. The zero-order valence-electron chi connectivity index (χ0n) is 28.9. The molecule has 11 rings (SSSR count). The quantitative estimate of drug-likeness (QED) is 0.179. The van der Waals surface area contributed by atoms with Crippen LogP contribution in [-0.4, -0.2) is 15.0 Å². The lowest BCUT2D eigenvalue weighted by Crippen LogP contribution is -2.00. The Labute approximate surface area is 314 Å². The van der Waals surface area contributed by atoms with Gasteiger partial charge >= 0.3 is 0 Å². The SMILES string of the molecule is c1ccc(-c2ccc3c(-c4cccc(-c5nc(-c6ccccc6)nc(-c6ccc7sc8ccccc8c7c6)n5)c4)cc4c5ccccc5oc4c3c2)cc1. The van der Waals surface area contributed by atoms with Gasteiger partial charge in [-0.3, -0.25) is 0 Å². The van der Waals surface area contributed by atoms with Gasteiger partial charge in [0.15, 0.2) is 17.5 Å². The average molecular weight is 708 g/mol. The summed E-state index contributed by atoms with van der Waals surface area (Å²) in [6.45, 7) is 0. The molecular formula is C49H29N3OS. The lowest BCUT2D eigenvalue weighted by molar-refractivity contribution is 0.672. The number of furan rings is 1. The van der Waals surface area contributed by atoms with E-state index in [-0.39, 0.29) is 0 Å². The van der Waals surface area contributed by atoms with Crippen LogP contribution in [0.5, 0.6) is 0 Å². The number of aromatic nitrogens is 3. The highest BCUT2D eigenvalue weighted by molar-refractivity contribution is 7.25. The van der Waals surface area contributed by atoms with Crippen LogP contribution < -0.4 is 0 Å². The molecule has 0 N–H and O–H groups in total. The van der Waals surface area contributed by atoms with Gasteiger partial charge in [0, 0.05) is 53.0 Å². The summed E-state index contributed by atoms with van der Waals surface area (Å²) in [4.78, 5) is 15.3. The Hall–Kier alpha value is -6.95. The molecule has 3 heterocycles. The van der Waals surface area contributed by atoms with Crippen LogP contribution in [0.25, 0.3) is 109 Å². The Bertz CT molecular complexity index is 3220. The number of hydrogen-bond acceptors (Lipinski definition) is 5. The third-order valence-electron chi connectivity index (χ3n) is 10.3. The maximum absolute atomic E-state index is 6.57. The number of benzene rings is 8. The fraction of sp³-hybridized carbons (Fsp3) is 0. The number of fused-ring (bicyclic) bond motifs is 8. The molecule has 0 fully saturated rings. The van der Waals surface area contributed by atoms with Crippen LogP contribution in [0, 0.1) is 0 Å². The van der Waals surface area contributed by atoms with Gasteiger partial charge in [-0.05, 0) is 76.2 Å². The third kappa shape index (κ3) is 5.09. The summed E-state index contributed by atoms with van der Waals surface area (Å²) >= 11 is 1.81. The average Bonchev–Trinajstić information content (AvgIpc) is 3.82. The van der Waals surface area contributed by atoms with Crippen molar-refractivity contribution in [3.05, 3.63) is 176 Å². The lowest BCUT2D eigenvalue weighted by atomic mass is 9.92. The van der Waals surface area contributed by atoms with Gasteiger partial charge < -0.3 is 4.42 Å². The molecule has 0 radical (unpaired) electrons. The number of nitrogens with zero attached hydrogens (tertiary/aromatic N) is 3. The van der Waals surface area contributed by atoms with Gasteiger partial charge in [0.1, 0.15) is 11.2 Å². The minimum Gasteiger partial charge on any atom is -0.455 e. The van der Waals surface area contributed by atoms with Crippen molar-refractivity contribution in [2.24, 2.45) is 0 Å². The first-order chi connectivity index (χ1) is 26.7. The maximum Gasteiger partial charge on any atom is 0.164 e. The molecule has 8 aromatic carbocycles. The van der Waals surface area contributed by atoms with E-state index in [2.05, 4.69) is 146 Å². The molecule has 0 unspecified atom stereocenters. The molecule has 0 spiro atoms. The second-order valence-electron chi connectivity index (χ2n) is 13.6. The van der Waals surface area contributed by atoms with Gasteiger partial charge in [-0.15, -0.1) is 11.3 Å². The molecule has 4 nitrogen and oxygen atoms in total. The summed E-state index contributed by atoms with van der Waals surface area (Å²) in [6, 6.07) is 61.6. The van der Waals surface area contributed by atoms with Crippen LogP contribution in [0.2, 0.25) is 0 Å². The molecule has 252 valence electrons. The molecule has 0 saturated carbocycles. The van der Waals surface area contributed by atoms with Crippen molar-refractivity contribution in [3.8, 4) is 56.4 Å². The fourth-order valence-electron chi connectivity index (χ4n) is 7.69. The van der Waals surface area contributed by atoms with Crippen molar-refractivity contribution in [2.75, 3.05) is 0 Å². The number of para-hydroxylation sites is 1. The van der Waals surface area contributed by atoms with Crippen molar-refractivity contribution in [1.29, 1.82) is 0 Å². The zero-order valence-corrected chi connectivity index (χ0v) is 29.7. The van der Waals surface area contributed by atoms with Crippen LogP contribution in [0.15, 0.2) is 180 Å². The molecule has 54 heavy (non-hydrogen) atoms. The van der Waals surface area contributed by atoms with Crippen LogP contribution >= 0.6 is 11.3 Å². The van der Waals surface area contributed by atoms with Crippen molar-refractivity contribution in [1.82, 2.24) is 15.0 Å². The first-order valence-corrected chi connectivity index (χ1v) is 18.8. The largest absolute Gasteiger partial charge is 0.455 e. The molecule has 11 aromatic rings. The van der Waals surface area contributed by atoms with Gasteiger partial charge in [0.2, 0.25) is 0 Å². The Morgan fingerprint density at radius 3 is 1.72 bits per heavy atom. The summed E-state index contributed by atoms with van der Waals surface area (Å²) in [5, 5.41) is 6.85. The zero-order chi connectivity index (χ0) is 35.6. The topological polar surface area (TPSA) is 51.8 Å². The van der Waals surface area contributed by atoms with Gasteiger partial charge in [0.05, 0.1) is 0 Å². The van der Waals surface area contributed by atoms with E-state index in [1.807, 2.05) is 41.7 Å². The van der Waals surface area contributed by atoms with E-state index in [0.29, 0.717) is 17.5 Å². The molecule has 5 heteroatoms. The van der Waals surface area contributed by atoms with Crippen LogP contribution in [0.1, 0.15) is 0 Å². The highest BCUT2D eigenvalue weighted by Crippen LogP contribution is 2.42. The molecule has 0 saturated heterocycles. The van der Waals surface area contributed by atoms with Crippen LogP contribution in [-0.2, 0) is 0 Å². The van der Waals surface area contributed by atoms with E-state index < -0.39 is 0 Å². The van der Waals surface area contributed by atoms with Crippen LogP contribution in [0.4, 0.5) is 0 Å². The van der Waals surface area contributed by atoms with Gasteiger partial charge in [-0.25, -0.2) is 15.0 Å². The Morgan fingerprint density at radius 2 is 0.907 bits per heavy atom. The van der Waals surface area contributed by atoms with Gasteiger partial charge in [-0.2, -0.15) is 0 Å². The van der Waals surface area contributed by atoms with E-state index in [4.69, 9.17) is 19.4 Å². The normalized spacial score (nSPS) is 11.7. The second kappa shape index (κ2) is 12.3. The van der Waals surface area contributed by atoms with Crippen molar-refractivity contribution >= 4 is 64.2 Å². The third-order valence-corrected chi connectivity index (χ3v) is 11.5. The highest BCUT2D eigenvalue weighted by atomic mass is 32.1. The van der Waals surface area contributed by atoms with Crippen LogP contribution in [0.3, 0.4) is 0 Å². The monoisotopic (exact) mass is 707 g/mol. The van der Waals surface area contributed by atoms with Crippen molar-refractivity contribution in [2.45, 2.75) is 0 Å². The Balaban J connectivity index is 1.11. The molecular weight excluding hydrogens is 679 g/mol.